The number of aryl methyl sites for hydroxylation is 2. The Bertz CT molecular complexity index is 1040. The molecule has 1 saturated heterocycles. The van der Waals surface area contributed by atoms with E-state index in [2.05, 4.69) is 15.2 Å². The van der Waals surface area contributed by atoms with E-state index in [-0.39, 0.29) is 23.3 Å². The molecule has 26 heavy (non-hydrogen) atoms. The lowest BCUT2D eigenvalue weighted by atomic mass is 9.99. The molecule has 136 valence electrons. The van der Waals surface area contributed by atoms with Crippen LogP contribution in [-0.4, -0.2) is 37.1 Å². The second-order valence-electron chi connectivity index (χ2n) is 6.88. The summed E-state index contributed by atoms with van der Waals surface area (Å²) in [6.07, 6.45) is 2.77. The Morgan fingerprint density at radius 3 is 2.81 bits per heavy atom. The lowest BCUT2D eigenvalue weighted by molar-refractivity contribution is 0.0563. The predicted molar refractivity (Wildman–Crippen MR) is 94.2 cm³/mol. The van der Waals surface area contributed by atoms with E-state index in [1.807, 2.05) is 13.0 Å². The van der Waals surface area contributed by atoms with Crippen molar-refractivity contribution in [3.63, 3.8) is 0 Å². The third kappa shape index (κ3) is 2.61. The molecular weight excluding hydrogens is 334 g/mol. The Kier molecular flexibility index (Phi) is 3.90. The summed E-state index contributed by atoms with van der Waals surface area (Å²) in [6.45, 7) is 6.01. The number of hydrogen-bond acceptors (Lipinski definition) is 5. The van der Waals surface area contributed by atoms with Crippen molar-refractivity contribution in [2.24, 2.45) is 0 Å². The van der Waals surface area contributed by atoms with Crippen molar-refractivity contribution < 1.29 is 9.32 Å². The summed E-state index contributed by atoms with van der Waals surface area (Å²) in [7, 11) is 0. The fourth-order valence-corrected chi connectivity index (χ4v) is 3.51. The van der Waals surface area contributed by atoms with Gasteiger partial charge in [-0.1, -0.05) is 5.16 Å². The fraction of sp³-hybridized carbons (Fsp3) is 0.444. The third-order valence-corrected chi connectivity index (χ3v) is 5.06. The zero-order valence-electron chi connectivity index (χ0n) is 15.1. The van der Waals surface area contributed by atoms with Gasteiger partial charge in [-0.05, 0) is 40.0 Å². The molecule has 0 bridgehead atoms. The number of likely N-dealkylation sites (tertiary alicyclic amines) is 1. The van der Waals surface area contributed by atoms with Crippen molar-refractivity contribution in [1.29, 1.82) is 0 Å². The molecule has 3 aromatic rings. The first kappa shape index (κ1) is 16.6. The lowest BCUT2D eigenvalue weighted by Gasteiger charge is -2.34. The number of aromatic nitrogens is 4. The molecule has 8 heteroatoms. The molecular formula is C18H21N5O3. The minimum atomic E-state index is -0.179. The number of carbonyl (C=O) groups is 1. The van der Waals surface area contributed by atoms with Gasteiger partial charge in [-0.2, -0.15) is 0 Å². The summed E-state index contributed by atoms with van der Waals surface area (Å²) >= 11 is 0. The zero-order valence-corrected chi connectivity index (χ0v) is 15.1. The van der Waals surface area contributed by atoms with E-state index >= 15 is 0 Å². The highest BCUT2D eigenvalue weighted by molar-refractivity contribution is 5.91. The van der Waals surface area contributed by atoms with Gasteiger partial charge in [0.2, 0.25) is 5.76 Å². The number of rotatable bonds is 2. The number of amides is 1. The molecule has 0 aromatic carbocycles. The van der Waals surface area contributed by atoms with Crippen molar-refractivity contribution in [1.82, 2.24) is 24.7 Å². The fourth-order valence-electron chi connectivity index (χ4n) is 3.51. The van der Waals surface area contributed by atoms with E-state index in [0.717, 1.165) is 25.0 Å². The van der Waals surface area contributed by atoms with Gasteiger partial charge in [0, 0.05) is 29.9 Å². The molecule has 1 atom stereocenters. The summed E-state index contributed by atoms with van der Waals surface area (Å²) < 4.78 is 6.61. The number of nitrogens with zero attached hydrogens (tertiary/aromatic N) is 4. The maximum Gasteiger partial charge on any atom is 0.293 e. The highest BCUT2D eigenvalue weighted by Crippen LogP contribution is 2.31. The Labute approximate surface area is 149 Å². The Balaban J connectivity index is 1.75. The van der Waals surface area contributed by atoms with Crippen molar-refractivity contribution in [2.75, 3.05) is 6.54 Å². The van der Waals surface area contributed by atoms with Gasteiger partial charge in [-0.25, -0.2) is 9.50 Å². The van der Waals surface area contributed by atoms with E-state index in [4.69, 9.17) is 4.52 Å². The van der Waals surface area contributed by atoms with Crippen molar-refractivity contribution >= 4 is 11.6 Å². The maximum absolute atomic E-state index is 12.9. The molecule has 0 saturated carbocycles. The number of fused-ring (bicyclic) bond motifs is 1. The number of hydrogen-bond donors (Lipinski definition) is 1. The van der Waals surface area contributed by atoms with Crippen LogP contribution in [-0.2, 0) is 0 Å². The summed E-state index contributed by atoms with van der Waals surface area (Å²) in [4.78, 5) is 31.6. The summed E-state index contributed by atoms with van der Waals surface area (Å²) in [5, 5.41) is 6.96. The molecule has 1 unspecified atom stereocenters. The minimum absolute atomic E-state index is 0.113. The van der Waals surface area contributed by atoms with E-state index < -0.39 is 0 Å². The molecule has 1 aliphatic heterocycles. The third-order valence-electron chi connectivity index (χ3n) is 5.06. The second kappa shape index (κ2) is 6.12. The number of nitrogens with one attached hydrogen (secondary N) is 1. The highest BCUT2D eigenvalue weighted by atomic mass is 16.5. The van der Waals surface area contributed by atoms with Crippen LogP contribution in [0.15, 0.2) is 21.5 Å². The van der Waals surface area contributed by atoms with Crippen LogP contribution in [0.1, 0.15) is 58.5 Å². The largest absolute Gasteiger partial charge is 0.351 e. The highest BCUT2D eigenvalue weighted by Gasteiger charge is 2.32. The normalized spacial score (nSPS) is 17.8. The van der Waals surface area contributed by atoms with Gasteiger partial charge in [0.15, 0.2) is 5.65 Å². The number of carbonyl (C=O) groups excluding carboxylic acids is 1. The molecule has 1 aliphatic rings. The monoisotopic (exact) mass is 355 g/mol. The van der Waals surface area contributed by atoms with Crippen LogP contribution in [0.25, 0.3) is 5.65 Å². The van der Waals surface area contributed by atoms with E-state index in [0.29, 0.717) is 29.1 Å². The van der Waals surface area contributed by atoms with Gasteiger partial charge in [0.05, 0.1) is 17.4 Å². The van der Waals surface area contributed by atoms with Gasteiger partial charge >= 0.3 is 0 Å². The van der Waals surface area contributed by atoms with E-state index in [1.54, 1.807) is 24.8 Å². The van der Waals surface area contributed by atoms with Gasteiger partial charge in [-0.3, -0.25) is 14.7 Å². The maximum atomic E-state index is 12.9. The van der Waals surface area contributed by atoms with Crippen LogP contribution in [0.3, 0.4) is 0 Å². The van der Waals surface area contributed by atoms with Crippen LogP contribution in [0, 0.1) is 20.8 Å². The zero-order chi connectivity index (χ0) is 18.4. The Morgan fingerprint density at radius 2 is 2.08 bits per heavy atom. The summed E-state index contributed by atoms with van der Waals surface area (Å²) in [6, 6.07) is 3.36. The molecule has 3 aromatic heterocycles. The van der Waals surface area contributed by atoms with Crippen molar-refractivity contribution in [3.8, 4) is 0 Å². The first-order chi connectivity index (χ1) is 12.5. The summed E-state index contributed by atoms with van der Waals surface area (Å²) in [5.41, 5.74) is 3.27. The molecule has 1 fully saturated rings. The Hall–Kier alpha value is -2.90. The number of piperidine rings is 1. The van der Waals surface area contributed by atoms with Gasteiger partial charge in [0.25, 0.3) is 11.5 Å². The van der Waals surface area contributed by atoms with Crippen LogP contribution in [0.2, 0.25) is 0 Å². The van der Waals surface area contributed by atoms with Crippen LogP contribution in [0.5, 0.6) is 0 Å². The van der Waals surface area contributed by atoms with Crippen molar-refractivity contribution in [2.45, 2.75) is 46.1 Å². The number of H-pyrrole nitrogens is 1. The van der Waals surface area contributed by atoms with Gasteiger partial charge in [0.1, 0.15) is 0 Å². The molecule has 1 N–H and O–H groups in total. The molecule has 8 nitrogen and oxygen atoms in total. The average molecular weight is 355 g/mol. The SMILES string of the molecule is Cc1cc(C(=O)N2CCCCC2c2cc3nc(C)c(C)c(=O)n3[nH]2)on1. The molecule has 4 heterocycles. The Morgan fingerprint density at radius 1 is 1.27 bits per heavy atom. The quantitative estimate of drug-likeness (QED) is 0.761. The van der Waals surface area contributed by atoms with Gasteiger partial charge in [-0.15, -0.1) is 0 Å². The lowest BCUT2D eigenvalue weighted by Crippen LogP contribution is -2.38. The summed E-state index contributed by atoms with van der Waals surface area (Å²) in [5.74, 6) is 0.0640. The van der Waals surface area contributed by atoms with Crippen LogP contribution in [0.4, 0.5) is 0 Å². The second-order valence-corrected chi connectivity index (χ2v) is 6.88. The first-order valence-electron chi connectivity index (χ1n) is 8.79. The molecule has 1 amide bonds. The topological polar surface area (TPSA) is 96.5 Å². The molecule has 0 radical (unpaired) electrons. The van der Waals surface area contributed by atoms with Crippen molar-refractivity contribution in [3.05, 3.63) is 50.9 Å². The number of aromatic amines is 1. The molecule has 0 aliphatic carbocycles. The van der Waals surface area contributed by atoms with Crippen LogP contribution >= 0.6 is 0 Å². The first-order valence-corrected chi connectivity index (χ1v) is 8.79. The van der Waals surface area contributed by atoms with E-state index in [9.17, 15) is 9.59 Å². The smallest absolute Gasteiger partial charge is 0.293 e. The predicted octanol–water partition coefficient (Wildman–Crippen LogP) is 2.30. The van der Waals surface area contributed by atoms with E-state index in [1.165, 1.54) is 4.52 Å². The average Bonchev–Trinajstić information content (AvgIpc) is 3.25. The molecule has 0 spiro atoms. The molecule has 4 rings (SSSR count). The standard InChI is InChI=1S/C18H21N5O3/c1-10-8-15(26-21-10)18(25)22-7-5-4-6-14(22)13-9-16-19-12(3)11(2)17(24)23(16)20-13/h8-9,14,20H,4-7H2,1-3H3. The minimum Gasteiger partial charge on any atom is -0.351 e. The van der Waals surface area contributed by atoms with Crippen LogP contribution < -0.4 is 5.56 Å². The van der Waals surface area contributed by atoms with Gasteiger partial charge < -0.3 is 9.42 Å².